The van der Waals surface area contributed by atoms with Crippen molar-refractivity contribution in [2.75, 3.05) is 13.1 Å². The number of piperidine rings is 1. The van der Waals surface area contributed by atoms with Gasteiger partial charge in [-0.3, -0.25) is 9.88 Å². The first-order valence-corrected chi connectivity index (χ1v) is 9.73. The summed E-state index contributed by atoms with van der Waals surface area (Å²) in [7, 11) is 2.07. The van der Waals surface area contributed by atoms with Gasteiger partial charge in [-0.1, -0.05) is 13.0 Å². The van der Waals surface area contributed by atoms with Crippen molar-refractivity contribution in [2.45, 2.75) is 45.2 Å². The molecule has 3 aromatic rings. The molecule has 1 atom stereocenters. The Morgan fingerprint density at radius 1 is 1.19 bits per heavy atom. The van der Waals surface area contributed by atoms with Crippen LogP contribution in [-0.4, -0.2) is 47.3 Å². The lowest BCUT2D eigenvalue weighted by atomic mass is 9.97. The van der Waals surface area contributed by atoms with Crippen molar-refractivity contribution in [3.63, 3.8) is 0 Å². The Morgan fingerprint density at radius 2 is 2.11 bits per heavy atom. The molecule has 0 aromatic carbocycles. The van der Waals surface area contributed by atoms with E-state index in [0.717, 1.165) is 49.8 Å². The Kier molecular flexibility index (Phi) is 5.29. The molecule has 0 N–H and O–H groups in total. The number of aryl methyl sites for hydroxylation is 1. The van der Waals surface area contributed by atoms with Gasteiger partial charge in [-0.25, -0.2) is 4.98 Å². The summed E-state index contributed by atoms with van der Waals surface area (Å²) >= 11 is 0. The second-order valence-electron chi connectivity index (χ2n) is 7.35. The van der Waals surface area contributed by atoms with Crippen LogP contribution in [-0.2, 0) is 26.6 Å². The lowest BCUT2D eigenvalue weighted by molar-refractivity contribution is 0.193. The van der Waals surface area contributed by atoms with E-state index < -0.39 is 0 Å². The Balaban J connectivity index is 1.42. The Bertz CT molecular complexity index is 851. The third kappa shape index (κ3) is 4.08. The van der Waals surface area contributed by atoms with Gasteiger partial charge < -0.3 is 9.13 Å². The fourth-order valence-corrected chi connectivity index (χ4v) is 3.81. The summed E-state index contributed by atoms with van der Waals surface area (Å²) in [5.41, 5.74) is 2.44. The molecular formula is C20H27N7. The van der Waals surface area contributed by atoms with E-state index in [-0.39, 0.29) is 0 Å². The van der Waals surface area contributed by atoms with E-state index >= 15 is 0 Å². The van der Waals surface area contributed by atoms with Crippen molar-refractivity contribution in [1.82, 2.24) is 34.2 Å². The van der Waals surface area contributed by atoms with Crippen molar-refractivity contribution in [2.24, 2.45) is 7.05 Å². The molecular weight excluding hydrogens is 338 g/mol. The molecule has 0 unspecified atom stereocenters. The van der Waals surface area contributed by atoms with Crippen LogP contribution < -0.4 is 0 Å². The average Bonchev–Trinajstić information content (AvgIpc) is 3.33. The molecule has 0 aliphatic carbocycles. The van der Waals surface area contributed by atoms with Gasteiger partial charge in [0, 0.05) is 44.6 Å². The summed E-state index contributed by atoms with van der Waals surface area (Å²) in [6.07, 6.45) is 10.9. The number of hydrogen-bond donors (Lipinski definition) is 0. The largest absolute Gasteiger partial charge is 0.330 e. The average molecular weight is 365 g/mol. The number of aromatic nitrogens is 6. The normalized spacial score (nSPS) is 18.1. The van der Waals surface area contributed by atoms with Gasteiger partial charge in [-0.15, -0.1) is 10.2 Å². The summed E-state index contributed by atoms with van der Waals surface area (Å²) < 4.78 is 4.18. The maximum Gasteiger partial charge on any atom is 0.152 e. The number of hydrogen-bond acceptors (Lipinski definition) is 5. The summed E-state index contributed by atoms with van der Waals surface area (Å²) in [6.45, 7) is 5.89. The van der Waals surface area contributed by atoms with Crippen LogP contribution in [0.15, 0.2) is 37.1 Å². The summed E-state index contributed by atoms with van der Waals surface area (Å²) in [5, 5.41) is 8.95. The van der Waals surface area contributed by atoms with E-state index in [1.54, 1.807) is 6.20 Å². The van der Waals surface area contributed by atoms with Crippen LogP contribution in [0.1, 0.15) is 48.6 Å². The van der Waals surface area contributed by atoms with Gasteiger partial charge in [0.25, 0.3) is 0 Å². The minimum Gasteiger partial charge on any atom is -0.330 e. The predicted molar refractivity (Wildman–Crippen MR) is 103 cm³/mol. The van der Waals surface area contributed by atoms with Crippen LogP contribution in [0.5, 0.6) is 0 Å². The van der Waals surface area contributed by atoms with E-state index in [9.17, 15) is 0 Å². The van der Waals surface area contributed by atoms with E-state index in [1.165, 1.54) is 12.0 Å². The fraction of sp³-hybridized carbons (Fsp3) is 0.500. The molecule has 27 heavy (non-hydrogen) atoms. The van der Waals surface area contributed by atoms with Crippen LogP contribution in [0.4, 0.5) is 0 Å². The number of imidazole rings is 1. The molecule has 1 saturated heterocycles. The zero-order valence-corrected chi connectivity index (χ0v) is 16.1. The molecule has 1 aliphatic rings. The lowest BCUT2D eigenvalue weighted by Gasteiger charge is -2.32. The Hall–Kier alpha value is -2.54. The highest BCUT2D eigenvalue weighted by Crippen LogP contribution is 2.26. The Labute approximate surface area is 160 Å². The molecule has 0 spiro atoms. The molecule has 0 bridgehead atoms. The van der Waals surface area contributed by atoms with Gasteiger partial charge in [0.05, 0.1) is 18.6 Å². The topological polar surface area (TPSA) is 64.7 Å². The molecule has 7 heteroatoms. The minimum absolute atomic E-state index is 0.419. The van der Waals surface area contributed by atoms with E-state index in [1.807, 2.05) is 23.3 Å². The molecule has 0 amide bonds. The number of likely N-dealkylation sites (tertiary alicyclic amines) is 1. The molecule has 142 valence electrons. The molecule has 0 saturated carbocycles. The van der Waals surface area contributed by atoms with Crippen molar-refractivity contribution < 1.29 is 0 Å². The first-order chi connectivity index (χ1) is 13.2. The summed E-state index contributed by atoms with van der Waals surface area (Å²) in [5.74, 6) is 2.48. The van der Waals surface area contributed by atoms with Gasteiger partial charge in [0.2, 0.25) is 0 Å². The van der Waals surface area contributed by atoms with Crippen molar-refractivity contribution in [3.05, 3.63) is 60.0 Å². The lowest BCUT2D eigenvalue weighted by Crippen LogP contribution is -2.35. The van der Waals surface area contributed by atoms with Gasteiger partial charge in [-0.05, 0) is 37.4 Å². The van der Waals surface area contributed by atoms with Crippen LogP contribution in [0.2, 0.25) is 0 Å². The molecule has 4 heterocycles. The predicted octanol–water partition coefficient (Wildman–Crippen LogP) is 2.40. The second-order valence-corrected chi connectivity index (χ2v) is 7.35. The maximum atomic E-state index is 4.62. The van der Waals surface area contributed by atoms with Crippen molar-refractivity contribution in [1.29, 1.82) is 0 Å². The number of pyridine rings is 1. The zero-order chi connectivity index (χ0) is 18.6. The van der Waals surface area contributed by atoms with E-state index in [4.69, 9.17) is 0 Å². The highest BCUT2D eigenvalue weighted by atomic mass is 15.3. The highest BCUT2D eigenvalue weighted by Gasteiger charge is 2.26. The summed E-state index contributed by atoms with van der Waals surface area (Å²) in [6, 6.07) is 4.35. The number of rotatable bonds is 6. The minimum atomic E-state index is 0.419. The first kappa shape index (κ1) is 17.9. The molecule has 4 rings (SSSR count). The molecule has 7 nitrogen and oxygen atoms in total. The molecule has 1 fully saturated rings. The monoisotopic (exact) mass is 365 g/mol. The van der Waals surface area contributed by atoms with Crippen molar-refractivity contribution >= 4 is 0 Å². The van der Waals surface area contributed by atoms with Crippen LogP contribution in [0.3, 0.4) is 0 Å². The van der Waals surface area contributed by atoms with Crippen LogP contribution in [0.25, 0.3) is 0 Å². The van der Waals surface area contributed by atoms with Crippen LogP contribution >= 0.6 is 0 Å². The maximum absolute atomic E-state index is 4.62. The fourth-order valence-electron chi connectivity index (χ4n) is 3.81. The first-order valence-electron chi connectivity index (χ1n) is 9.73. The van der Waals surface area contributed by atoms with Crippen molar-refractivity contribution in [3.8, 4) is 0 Å². The van der Waals surface area contributed by atoms with E-state index in [0.29, 0.717) is 12.5 Å². The second kappa shape index (κ2) is 8.00. The summed E-state index contributed by atoms with van der Waals surface area (Å²) in [4.78, 5) is 11.2. The molecule has 1 aliphatic heterocycles. The van der Waals surface area contributed by atoms with Gasteiger partial charge in [-0.2, -0.15) is 0 Å². The quantitative estimate of drug-likeness (QED) is 0.671. The molecule has 3 aromatic heterocycles. The van der Waals surface area contributed by atoms with E-state index in [2.05, 4.69) is 55.7 Å². The standard InChI is InChI=1S/C20H27N7/c1-3-16-6-7-18(22-11-16)13-26-9-4-5-17(12-26)20-24-23-19(25(20)2)14-27-10-8-21-15-27/h6-8,10-11,15,17H,3-5,9,12-14H2,1-2H3/t17-/m0/s1. The van der Waals surface area contributed by atoms with Crippen LogP contribution in [0, 0.1) is 0 Å². The molecule has 0 radical (unpaired) electrons. The van der Waals surface area contributed by atoms with Gasteiger partial charge >= 0.3 is 0 Å². The SMILES string of the molecule is CCc1ccc(CN2CCC[C@H](c3nnc(Cn4ccnc4)n3C)C2)nc1. The third-order valence-corrected chi connectivity index (χ3v) is 5.43. The number of nitrogens with zero attached hydrogens (tertiary/aromatic N) is 7. The smallest absolute Gasteiger partial charge is 0.152 e. The zero-order valence-electron chi connectivity index (χ0n) is 16.1. The van der Waals surface area contributed by atoms with Gasteiger partial charge in [0.15, 0.2) is 5.82 Å². The highest BCUT2D eigenvalue weighted by molar-refractivity contribution is 5.14. The Morgan fingerprint density at radius 3 is 2.85 bits per heavy atom. The van der Waals surface area contributed by atoms with Gasteiger partial charge in [0.1, 0.15) is 5.82 Å². The third-order valence-electron chi connectivity index (χ3n) is 5.43.